The Hall–Kier alpha value is -1.40. The molecule has 2 unspecified atom stereocenters. The molecule has 24 heavy (non-hydrogen) atoms. The van der Waals surface area contributed by atoms with E-state index in [1.807, 2.05) is 38.9 Å². The fraction of sp³-hybridized carbons (Fsp3) is 0.667. The smallest absolute Gasteiger partial charge is 0.225 e. The molecule has 2 heterocycles. The molecule has 0 bridgehead atoms. The van der Waals surface area contributed by atoms with E-state index in [0.717, 1.165) is 19.4 Å². The van der Waals surface area contributed by atoms with Crippen molar-refractivity contribution in [2.75, 3.05) is 33.7 Å². The molecule has 134 valence electrons. The zero-order chi connectivity index (χ0) is 17.7. The number of carbonyl (C=O) groups is 2. The van der Waals surface area contributed by atoms with Crippen LogP contribution in [0.3, 0.4) is 0 Å². The number of carbonyl (C=O) groups excluding carboxylic acids is 2. The maximum atomic E-state index is 12.6. The predicted molar refractivity (Wildman–Crippen MR) is 97.9 cm³/mol. The Morgan fingerprint density at radius 3 is 2.75 bits per heavy atom. The second-order valence-corrected chi connectivity index (χ2v) is 8.00. The molecule has 1 aromatic rings. The van der Waals surface area contributed by atoms with Crippen molar-refractivity contribution in [1.29, 1.82) is 0 Å². The lowest BCUT2D eigenvalue weighted by atomic mass is 9.96. The molecule has 0 aliphatic carbocycles. The molecule has 2 atom stereocenters. The van der Waals surface area contributed by atoms with Crippen LogP contribution in [0.25, 0.3) is 0 Å². The second-order valence-electron chi connectivity index (χ2n) is 7.02. The molecule has 1 N–H and O–H groups in total. The van der Waals surface area contributed by atoms with Crippen molar-refractivity contribution < 1.29 is 9.59 Å². The van der Waals surface area contributed by atoms with Crippen molar-refractivity contribution in [2.45, 2.75) is 32.7 Å². The number of piperidine rings is 1. The predicted octanol–water partition coefficient (Wildman–Crippen LogP) is 2.36. The summed E-state index contributed by atoms with van der Waals surface area (Å²) in [5.41, 5.74) is 0. The fourth-order valence-corrected chi connectivity index (χ4v) is 4.04. The minimum Gasteiger partial charge on any atom is -0.354 e. The molecule has 0 spiro atoms. The van der Waals surface area contributed by atoms with Gasteiger partial charge in [0, 0.05) is 30.4 Å². The molecular weight excluding hydrogens is 322 g/mol. The molecule has 1 aliphatic heterocycles. The van der Waals surface area contributed by atoms with E-state index in [2.05, 4.69) is 21.7 Å². The highest BCUT2D eigenvalue weighted by atomic mass is 32.1. The highest BCUT2D eigenvalue weighted by Gasteiger charge is 2.29. The number of likely N-dealkylation sites (tertiary alicyclic amines) is 1. The van der Waals surface area contributed by atoms with Gasteiger partial charge in [-0.2, -0.15) is 0 Å². The third-order valence-electron chi connectivity index (χ3n) is 4.56. The minimum absolute atomic E-state index is 0.0104. The van der Waals surface area contributed by atoms with Crippen molar-refractivity contribution in [1.82, 2.24) is 15.1 Å². The van der Waals surface area contributed by atoms with E-state index in [-0.39, 0.29) is 29.7 Å². The minimum atomic E-state index is -0.0902. The van der Waals surface area contributed by atoms with Crippen LogP contribution in [0.1, 0.15) is 37.6 Å². The third kappa shape index (κ3) is 4.80. The van der Waals surface area contributed by atoms with Gasteiger partial charge in [0.25, 0.3) is 0 Å². The number of thiophene rings is 1. The lowest BCUT2D eigenvalue weighted by Crippen LogP contribution is -2.47. The van der Waals surface area contributed by atoms with E-state index in [1.165, 1.54) is 4.88 Å². The Bertz CT molecular complexity index is 542. The van der Waals surface area contributed by atoms with E-state index >= 15 is 0 Å². The van der Waals surface area contributed by atoms with Gasteiger partial charge in [-0.3, -0.25) is 9.59 Å². The van der Waals surface area contributed by atoms with Crippen molar-refractivity contribution in [3.8, 4) is 0 Å². The number of amides is 2. The number of likely N-dealkylation sites (N-methyl/N-ethyl adjacent to an activating group) is 1. The van der Waals surface area contributed by atoms with Gasteiger partial charge in [-0.15, -0.1) is 11.3 Å². The Morgan fingerprint density at radius 2 is 2.17 bits per heavy atom. The van der Waals surface area contributed by atoms with Crippen LogP contribution in [-0.2, 0) is 9.59 Å². The first-order chi connectivity index (χ1) is 11.4. The monoisotopic (exact) mass is 351 g/mol. The molecule has 1 fully saturated rings. The Morgan fingerprint density at radius 1 is 1.42 bits per heavy atom. The number of nitrogens with zero attached hydrogens (tertiary/aromatic N) is 2. The summed E-state index contributed by atoms with van der Waals surface area (Å²) in [4.78, 5) is 30.0. The Balaban J connectivity index is 1.90. The van der Waals surface area contributed by atoms with Gasteiger partial charge < -0.3 is 15.1 Å². The zero-order valence-corrected chi connectivity index (χ0v) is 15.9. The molecule has 0 radical (unpaired) electrons. The number of hydrogen-bond acceptors (Lipinski definition) is 4. The van der Waals surface area contributed by atoms with Crippen LogP contribution < -0.4 is 5.32 Å². The first kappa shape index (κ1) is 18.9. The van der Waals surface area contributed by atoms with E-state index < -0.39 is 0 Å². The van der Waals surface area contributed by atoms with E-state index in [0.29, 0.717) is 13.1 Å². The van der Waals surface area contributed by atoms with Crippen molar-refractivity contribution in [3.63, 3.8) is 0 Å². The topological polar surface area (TPSA) is 52.7 Å². The average Bonchev–Trinajstić information content (AvgIpc) is 3.08. The molecule has 6 heteroatoms. The van der Waals surface area contributed by atoms with Gasteiger partial charge in [0.05, 0.1) is 12.0 Å². The zero-order valence-electron chi connectivity index (χ0n) is 15.1. The molecular formula is C18H29N3O2S. The highest BCUT2D eigenvalue weighted by molar-refractivity contribution is 7.10. The summed E-state index contributed by atoms with van der Waals surface area (Å²) in [6.45, 7) is 5.75. The number of rotatable bonds is 6. The van der Waals surface area contributed by atoms with Gasteiger partial charge in [-0.25, -0.2) is 0 Å². The summed E-state index contributed by atoms with van der Waals surface area (Å²) in [6.07, 6.45) is 1.76. The van der Waals surface area contributed by atoms with Crippen molar-refractivity contribution in [3.05, 3.63) is 22.4 Å². The van der Waals surface area contributed by atoms with E-state index in [4.69, 9.17) is 0 Å². The van der Waals surface area contributed by atoms with Crippen LogP contribution in [0.2, 0.25) is 0 Å². The second kappa shape index (κ2) is 8.62. The van der Waals surface area contributed by atoms with Gasteiger partial charge in [0.15, 0.2) is 0 Å². The van der Waals surface area contributed by atoms with Gasteiger partial charge in [0.1, 0.15) is 0 Å². The molecule has 1 saturated heterocycles. The molecule has 2 amide bonds. The summed E-state index contributed by atoms with van der Waals surface area (Å²) < 4.78 is 0. The van der Waals surface area contributed by atoms with E-state index in [9.17, 15) is 9.59 Å². The summed E-state index contributed by atoms with van der Waals surface area (Å²) in [5, 5.41) is 5.16. The number of hydrogen-bond donors (Lipinski definition) is 1. The molecule has 1 aromatic heterocycles. The lowest BCUT2D eigenvalue weighted by molar-refractivity contribution is -0.138. The van der Waals surface area contributed by atoms with Crippen LogP contribution in [0, 0.1) is 11.8 Å². The summed E-state index contributed by atoms with van der Waals surface area (Å²) in [7, 11) is 4.06. The summed E-state index contributed by atoms with van der Waals surface area (Å²) >= 11 is 1.71. The van der Waals surface area contributed by atoms with Crippen molar-refractivity contribution in [2.24, 2.45) is 11.8 Å². The van der Waals surface area contributed by atoms with Crippen LogP contribution in [-0.4, -0.2) is 55.3 Å². The van der Waals surface area contributed by atoms with Gasteiger partial charge in [-0.05, 0) is 38.4 Å². The van der Waals surface area contributed by atoms with Crippen molar-refractivity contribution >= 4 is 23.2 Å². The molecule has 0 saturated carbocycles. The standard InChI is InChI=1S/C18H29N3O2S/c1-13(2)18(23)21-9-5-7-14(12-21)17(22)19-11-15(20(3)4)16-8-6-10-24-16/h6,8,10,13-15H,5,7,9,11-12H2,1-4H3,(H,19,22). The summed E-state index contributed by atoms with van der Waals surface area (Å²) in [5.74, 6) is 0.119. The molecule has 2 rings (SSSR count). The maximum Gasteiger partial charge on any atom is 0.225 e. The lowest BCUT2D eigenvalue weighted by Gasteiger charge is -2.33. The highest BCUT2D eigenvalue weighted by Crippen LogP contribution is 2.23. The third-order valence-corrected chi connectivity index (χ3v) is 5.54. The maximum absolute atomic E-state index is 12.6. The number of nitrogens with one attached hydrogen (secondary N) is 1. The van der Waals surface area contributed by atoms with Crippen LogP contribution in [0.15, 0.2) is 17.5 Å². The molecule has 5 nitrogen and oxygen atoms in total. The quantitative estimate of drug-likeness (QED) is 0.856. The summed E-state index contributed by atoms with van der Waals surface area (Å²) in [6, 6.07) is 4.32. The SMILES string of the molecule is CC(C)C(=O)N1CCCC(C(=O)NCC(c2cccs2)N(C)C)C1. The van der Waals surface area contributed by atoms with Gasteiger partial charge in [0.2, 0.25) is 11.8 Å². The van der Waals surface area contributed by atoms with Gasteiger partial charge >= 0.3 is 0 Å². The molecule has 1 aliphatic rings. The van der Waals surface area contributed by atoms with Crippen LogP contribution >= 0.6 is 11.3 Å². The van der Waals surface area contributed by atoms with Crippen LogP contribution in [0.5, 0.6) is 0 Å². The largest absolute Gasteiger partial charge is 0.354 e. The normalized spacial score (nSPS) is 19.6. The Labute approximate surface area is 149 Å². The molecule has 0 aromatic carbocycles. The van der Waals surface area contributed by atoms with Gasteiger partial charge in [-0.1, -0.05) is 19.9 Å². The average molecular weight is 352 g/mol. The first-order valence-corrected chi connectivity index (χ1v) is 9.54. The first-order valence-electron chi connectivity index (χ1n) is 8.66. The Kier molecular flexibility index (Phi) is 6.80. The van der Waals surface area contributed by atoms with E-state index in [1.54, 1.807) is 11.3 Å². The van der Waals surface area contributed by atoms with Crippen LogP contribution in [0.4, 0.5) is 0 Å². The fourth-order valence-electron chi connectivity index (χ4n) is 3.12.